The van der Waals surface area contributed by atoms with Crippen molar-refractivity contribution in [3.63, 3.8) is 0 Å². The average molecular weight is 292 g/mol. The zero-order valence-electron chi connectivity index (χ0n) is 11.3. The highest BCUT2D eigenvalue weighted by Gasteiger charge is 1.99. The summed E-state index contributed by atoms with van der Waals surface area (Å²) in [6.45, 7) is 5.44. The summed E-state index contributed by atoms with van der Waals surface area (Å²) < 4.78 is 0. The number of carbonyl (C=O) groups is 2. The minimum Gasteiger partial charge on any atom is -0.347 e. The van der Waals surface area contributed by atoms with Crippen molar-refractivity contribution in [2.45, 2.75) is 39.5 Å². The zero-order valence-corrected chi connectivity index (χ0v) is 12.9. The summed E-state index contributed by atoms with van der Waals surface area (Å²) in [7, 11) is 0. The Labute approximate surface area is 118 Å². The van der Waals surface area contributed by atoms with Gasteiger partial charge in [0, 0.05) is 13.1 Å². The van der Waals surface area contributed by atoms with Gasteiger partial charge in [-0.25, -0.2) is 0 Å². The fourth-order valence-electron chi connectivity index (χ4n) is 1.35. The van der Waals surface area contributed by atoms with Crippen LogP contribution in [0.25, 0.3) is 0 Å². The summed E-state index contributed by atoms with van der Waals surface area (Å²) in [5.74, 6) is 1.64. The molecule has 0 heterocycles. The molecule has 0 atom stereocenters. The first-order valence-electron chi connectivity index (χ1n) is 6.52. The second-order valence-electron chi connectivity index (χ2n) is 3.71. The molecule has 2 amide bonds. The summed E-state index contributed by atoms with van der Waals surface area (Å²) in [6, 6.07) is 0. The van der Waals surface area contributed by atoms with Gasteiger partial charge in [0.15, 0.2) is 0 Å². The summed E-state index contributed by atoms with van der Waals surface area (Å²) >= 11 is 2.62. The summed E-state index contributed by atoms with van der Waals surface area (Å²) in [4.78, 5) is 22.2. The molecule has 0 rings (SSSR count). The van der Waals surface area contributed by atoms with Crippen molar-refractivity contribution in [3.8, 4) is 0 Å². The molecule has 0 saturated heterocycles. The van der Waals surface area contributed by atoms with Crippen molar-refractivity contribution in [2.75, 3.05) is 24.6 Å². The summed E-state index contributed by atoms with van der Waals surface area (Å²) in [5, 5.41) is 5.86. The van der Waals surface area contributed by atoms with E-state index in [1.807, 2.05) is 13.8 Å². The Balaban J connectivity index is 3.16. The van der Waals surface area contributed by atoms with Crippen molar-refractivity contribution < 1.29 is 9.59 Å². The number of amides is 2. The van der Waals surface area contributed by atoms with Crippen LogP contribution in [0.5, 0.6) is 0 Å². The van der Waals surface area contributed by atoms with Crippen molar-refractivity contribution >= 4 is 34.0 Å². The number of thioether (sulfide) groups is 2. The predicted molar refractivity (Wildman–Crippen MR) is 81.5 cm³/mol. The van der Waals surface area contributed by atoms with Gasteiger partial charge in [0.2, 0.25) is 0 Å². The molecular weight excluding hydrogens is 268 g/mol. The molecule has 0 aliphatic rings. The van der Waals surface area contributed by atoms with E-state index in [2.05, 4.69) is 10.6 Å². The molecule has 2 N–H and O–H groups in total. The third-order valence-electron chi connectivity index (χ3n) is 2.19. The Morgan fingerprint density at radius 1 is 0.778 bits per heavy atom. The lowest BCUT2D eigenvalue weighted by molar-refractivity contribution is 0.259. The Morgan fingerprint density at radius 2 is 1.17 bits per heavy atom. The first-order chi connectivity index (χ1) is 8.70. The average Bonchev–Trinajstić information content (AvgIpc) is 2.33. The molecule has 0 spiro atoms. The highest BCUT2D eigenvalue weighted by atomic mass is 32.2. The van der Waals surface area contributed by atoms with Crippen molar-refractivity contribution in [1.29, 1.82) is 0 Å². The highest BCUT2D eigenvalue weighted by Crippen LogP contribution is 2.03. The van der Waals surface area contributed by atoms with Gasteiger partial charge < -0.3 is 10.6 Å². The van der Waals surface area contributed by atoms with Gasteiger partial charge in [-0.15, -0.1) is 0 Å². The molecule has 0 fully saturated rings. The molecule has 0 saturated carbocycles. The van der Waals surface area contributed by atoms with Crippen LogP contribution in [0, 0.1) is 0 Å². The van der Waals surface area contributed by atoms with Crippen LogP contribution in [0.4, 0.5) is 9.59 Å². The molecule has 6 heteroatoms. The second-order valence-corrected chi connectivity index (χ2v) is 6.18. The van der Waals surface area contributed by atoms with Gasteiger partial charge in [-0.2, -0.15) is 0 Å². The standard InChI is InChI=1S/C12H24N2O2S2/c1-3-17-11(15)13-9-7-5-6-8-10-14-12(16)18-4-2/h3-10H2,1-2H3,(H,13,15)(H,14,16). The van der Waals surface area contributed by atoms with Gasteiger partial charge in [-0.05, 0) is 24.3 Å². The van der Waals surface area contributed by atoms with Gasteiger partial charge >= 0.3 is 0 Å². The molecule has 0 aliphatic carbocycles. The van der Waals surface area contributed by atoms with Crippen molar-refractivity contribution in [3.05, 3.63) is 0 Å². The van der Waals surface area contributed by atoms with Crippen LogP contribution in [0.1, 0.15) is 39.5 Å². The number of nitrogens with one attached hydrogen (secondary N) is 2. The maximum absolute atomic E-state index is 11.1. The summed E-state index contributed by atoms with van der Waals surface area (Å²) in [6.07, 6.45) is 4.20. The molecular formula is C12H24N2O2S2. The van der Waals surface area contributed by atoms with Crippen LogP contribution in [0.15, 0.2) is 0 Å². The number of rotatable bonds is 9. The fraction of sp³-hybridized carbons (Fsp3) is 0.833. The topological polar surface area (TPSA) is 58.2 Å². The fourth-order valence-corrected chi connectivity index (χ4v) is 2.28. The molecule has 0 aromatic heterocycles. The van der Waals surface area contributed by atoms with Crippen LogP contribution in [-0.2, 0) is 0 Å². The maximum Gasteiger partial charge on any atom is 0.279 e. The zero-order chi connectivity index (χ0) is 13.6. The second kappa shape index (κ2) is 13.1. The molecule has 106 valence electrons. The van der Waals surface area contributed by atoms with Crippen LogP contribution in [0.2, 0.25) is 0 Å². The van der Waals surface area contributed by atoms with Gasteiger partial charge in [0.1, 0.15) is 0 Å². The minimum absolute atomic E-state index is 0.0707. The third kappa shape index (κ3) is 12.1. The monoisotopic (exact) mass is 292 g/mol. The van der Waals surface area contributed by atoms with Gasteiger partial charge in [-0.3, -0.25) is 9.59 Å². The van der Waals surface area contributed by atoms with Crippen LogP contribution in [0.3, 0.4) is 0 Å². The summed E-state index contributed by atoms with van der Waals surface area (Å²) in [5.41, 5.74) is 0. The molecule has 18 heavy (non-hydrogen) atoms. The number of unbranched alkanes of at least 4 members (excludes halogenated alkanes) is 3. The molecule has 0 bridgehead atoms. The Hall–Kier alpha value is -0.360. The van der Waals surface area contributed by atoms with Crippen molar-refractivity contribution in [2.24, 2.45) is 0 Å². The van der Waals surface area contributed by atoms with E-state index in [0.29, 0.717) is 0 Å². The molecule has 0 aromatic carbocycles. The van der Waals surface area contributed by atoms with Crippen LogP contribution >= 0.6 is 23.5 Å². The Bertz CT molecular complexity index is 214. The molecule has 0 radical (unpaired) electrons. The quantitative estimate of drug-likeness (QED) is 0.639. The van der Waals surface area contributed by atoms with E-state index >= 15 is 0 Å². The Kier molecular flexibility index (Phi) is 12.8. The molecule has 0 aromatic rings. The third-order valence-corrected chi connectivity index (χ3v) is 3.58. The van der Waals surface area contributed by atoms with E-state index < -0.39 is 0 Å². The van der Waals surface area contributed by atoms with Gasteiger partial charge in [0.25, 0.3) is 10.5 Å². The first-order valence-corrected chi connectivity index (χ1v) is 8.49. The lowest BCUT2D eigenvalue weighted by Crippen LogP contribution is -2.21. The van der Waals surface area contributed by atoms with Crippen molar-refractivity contribution in [1.82, 2.24) is 10.6 Å². The largest absolute Gasteiger partial charge is 0.347 e. The van der Waals surface area contributed by atoms with E-state index in [9.17, 15) is 9.59 Å². The molecule has 0 aliphatic heterocycles. The lowest BCUT2D eigenvalue weighted by Gasteiger charge is -2.05. The molecule has 4 nitrogen and oxygen atoms in total. The van der Waals surface area contributed by atoms with Crippen LogP contribution in [-0.4, -0.2) is 35.1 Å². The lowest BCUT2D eigenvalue weighted by atomic mass is 10.2. The first kappa shape index (κ1) is 17.6. The Morgan fingerprint density at radius 3 is 1.50 bits per heavy atom. The van der Waals surface area contributed by atoms with E-state index in [0.717, 1.165) is 50.3 Å². The number of hydrogen-bond acceptors (Lipinski definition) is 4. The van der Waals surface area contributed by atoms with E-state index in [-0.39, 0.29) is 10.5 Å². The SMILES string of the molecule is CCSC(=O)NCCCCCCNC(=O)SCC. The van der Waals surface area contributed by atoms with E-state index in [4.69, 9.17) is 0 Å². The van der Waals surface area contributed by atoms with E-state index in [1.54, 1.807) is 0 Å². The molecule has 0 unspecified atom stereocenters. The number of hydrogen-bond donors (Lipinski definition) is 2. The maximum atomic E-state index is 11.1. The smallest absolute Gasteiger partial charge is 0.279 e. The van der Waals surface area contributed by atoms with E-state index in [1.165, 1.54) is 23.5 Å². The number of carbonyl (C=O) groups excluding carboxylic acids is 2. The highest BCUT2D eigenvalue weighted by molar-refractivity contribution is 8.13. The van der Waals surface area contributed by atoms with Crippen LogP contribution < -0.4 is 10.6 Å². The van der Waals surface area contributed by atoms with Gasteiger partial charge in [-0.1, -0.05) is 50.2 Å². The minimum atomic E-state index is 0.0707. The predicted octanol–water partition coefficient (Wildman–Crippen LogP) is 3.47. The van der Waals surface area contributed by atoms with Gasteiger partial charge in [0.05, 0.1) is 0 Å². The normalized spacial score (nSPS) is 10.1.